The summed E-state index contributed by atoms with van der Waals surface area (Å²) in [4.78, 5) is 27.0. The highest BCUT2D eigenvalue weighted by Crippen LogP contribution is 2.50. The monoisotopic (exact) mass is 489 g/mol. The molecule has 0 bridgehead atoms. The van der Waals surface area contributed by atoms with Gasteiger partial charge in [-0.15, -0.1) is 0 Å². The van der Waals surface area contributed by atoms with Crippen LogP contribution in [0, 0.1) is 17.8 Å². The van der Waals surface area contributed by atoms with Crippen molar-refractivity contribution < 1.29 is 29.1 Å². The molecular formula is C28H32BNO6. The number of aromatic hydroxyl groups is 1. The van der Waals surface area contributed by atoms with Gasteiger partial charge in [0.1, 0.15) is 5.75 Å². The molecule has 2 aromatic carbocycles. The zero-order chi connectivity index (χ0) is 25.6. The highest BCUT2D eigenvalue weighted by atomic mass is 16.5. The van der Waals surface area contributed by atoms with Gasteiger partial charge in [0.2, 0.25) is 11.8 Å². The Morgan fingerprint density at radius 3 is 2.67 bits per heavy atom. The predicted octanol–water partition coefficient (Wildman–Crippen LogP) is 3.80. The van der Waals surface area contributed by atoms with Crippen LogP contribution in [0.3, 0.4) is 0 Å². The lowest BCUT2D eigenvalue weighted by Gasteiger charge is -2.43. The molecule has 3 aliphatic rings. The Labute approximate surface area is 211 Å². The van der Waals surface area contributed by atoms with E-state index >= 15 is 0 Å². The first-order chi connectivity index (χ1) is 17.3. The molecule has 1 aliphatic carbocycles. The van der Waals surface area contributed by atoms with Crippen molar-refractivity contribution in [2.24, 2.45) is 17.8 Å². The number of benzene rings is 2. The van der Waals surface area contributed by atoms with E-state index < -0.39 is 19.0 Å². The minimum atomic E-state index is -0.981. The molecule has 2 saturated heterocycles. The summed E-state index contributed by atoms with van der Waals surface area (Å²) in [7, 11) is 2.20. The number of nitrogens with zero attached hydrogens (tertiary/aromatic N) is 1. The minimum Gasteiger partial charge on any atom is -0.507 e. The summed E-state index contributed by atoms with van der Waals surface area (Å²) in [5.41, 5.74) is 4.22. The van der Waals surface area contributed by atoms with E-state index in [9.17, 15) is 19.7 Å². The number of carbonyl (C=O) groups is 2. The van der Waals surface area contributed by atoms with Crippen LogP contribution < -0.4 is 0 Å². The van der Waals surface area contributed by atoms with Crippen LogP contribution in [0.1, 0.15) is 31.7 Å². The molecule has 2 aliphatic heterocycles. The van der Waals surface area contributed by atoms with Crippen molar-refractivity contribution in [1.82, 2.24) is 4.90 Å². The lowest BCUT2D eigenvalue weighted by molar-refractivity contribution is -0.138. The third kappa shape index (κ3) is 4.27. The molecule has 2 aromatic rings. The van der Waals surface area contributed by atoms with Gasteiger partial charge >= 0.3 is 7.12 Å². The Morgan fingerprint density at radius 1 is 1.17 bits per heavy atom. The third-order valence-electron chi connectivity index (χ3n) is 7.98. The fourth-order valence-corrected chi connectivity index (χ4v) is 6.36. The maximum Gasteiger partial charge on any atom is 0.455 e. The average molecular weight is 489 g/mol. The standard InChI is InChI=1S/C28H32BNO6/c1-16(12-17-9-10-23(31)20-7-5-4-6-19(17)20)8-11-24-25-18(15-35-3)13-21-26(22(25)14-29(34)36-24)28(33)30(2)27(21)32/h4-7,9-10,12,21-22,24,26,31,34H,8,11,13-15H2,1-3H3/b16-12+/t21-,22+,24-,26-/m1/s1. The van der Waals surface area contributed by atoms with Crippen molar-refractivity contribution in [3.8, 4) is 5.75 Å². The maximum atomic E-state index is 13.0. The molecule has 0 spiro atoms. The zero-order valence-electron chi connectivity index (χ0n) is 20.9. The number of hydrogen-bond acceptors (Lipinski definition) is 6. The van der Waals surface area contributed by atoms with Crippen molar-refractivity contribution >= 4 is 35.8 Å². The summed E-state index contributed by atoms with van der Waals surface area (Å²) in [5.74, 6) is -1.11. The van der Waals surface area contributed by atoms with Gasteiger partial charge in [0.05, 0.1) is 24.5 Å². The lowest BCUT2D eigenvalue weighted by atomic mass is 9.58. The second kappa shape index (κ2) is 9.84. The highest BCUT2D eigenvalue weighted by Gasteiger charge is 2.56. The molecule has 4 atom stereocenters. The summed E-state index contributed by atoms with van der Waals surface area (Å²) in [6.07, 6.45) is 3.94. The number of methoxy groups -OCH3 is 1. The number of phenolic OH excluding ortho intramolecular Hbond substituents is 1. The van der Waals surface area contributed by atoms with Crippen LogP contribution in [0.25, 0.3) is 16.8 Å². The Balaban J connectivity index is 1.42. The van der Waals surface area contributed by atoms with E-state index in [0.717, 1.165) is 39.5 Å². The fraction of sp³-hybridized carbons (Fsp3) is 0.429. The molecule has 0 radical (unpaired) electrons. The van der Waals surface area contributed by atoms with Gasteiger partial charge in [-0.1, -0.05) is 42.0 Å². The second-order valence-electron chi connectivity index (χ2n) is 10.2. The molecule has 7 nitrogen and oxygen atoms in total. The summed E-state index contributed by atoms with van der Waals surface area (Å²) in [6, 6.07) is 11.4. The summed E-state index contributed by atoms with van der Waals surface area (Å²) in [6.45, 7) is 2.44. The molecule has 188 valence electrons. The van der Waals surface area contributed by atoms with Crippen LogP contribution in [0.4, 0.5) is 0 Å². The molecular weight excluding hydrogens is 457 g/mol. The van der Waals surface area contributed by atoms with Crippen molar-refractivity contribution in [2.75, 3.05) is 20.8 Å². The van der Waals surface area contributed by atoms with Crippen LogP contribution in [0.15, 0.2) is 53.1 Å². The number of ether oxygens (including phenoxy) is 1. The molecule has 0 saturated carbocycles. The van der Waals surface area contributed by atoms with Crippen molar-refractivity contribution in [3.63, 3.8) is 0 Å². The number of hydrogen-bond donors (Lipinski definition) is 2. The minimum absolute atomic E-state index is 0.143. The van der Waals surface area contributed by atoms with E-state index in [-0.39, 0.29) is 29.6 Å². The van der Waals surface area contributed by atoms with E-state index in [1.54, 1.807) is 20.2 Å². The SMILES string of the molecule is COCC1=C2[C@@H](CC/C(C)=C/c3ccc(O)c4ccccc34)OB(O)C[C@@H]2[C@@H]2C(=O)N(C)C(=O)[C@@H]2C1. The predicted molar refractivity (Wildman–Crippen MR) is 138 cm³/mol. The average Bonchev–Trinajstić information content (AvgIpc) is 3.08. The molecule has 0 aromatic heterocycles. The van der Waals surface area contributed by atoms with Crippen molar-refractivity contribution in [1.29, 1.82) is 0 Å². The Kier molecular flexibility index (Phi) is 6.77. The Morgan fingerprint density at radius 2 is 1.92 bits per heavy atom. The maximum absolute atomic E-state index is 13.0. The van der Waals surface area contributed by atoms with Crippen LogP contribution in [0.2, 0.25) is 6.32 Å². The number of likely N-dealkylation sites (tertiary alicyclic amines) is 1. The quantitative estimate of drug-likeness (QED) is 0.364. The number of fused-ring (bicyclic) bond motifs is 4. The number of allylic oxidation sites excluding steroid dienone is 1. The number of amides is 2. The summed E-state index contributed by atoms with van der Waals surface area (Å²) >= 11 is 0. The molecule has 2 N–H and O–H groups in total. The molecule has 8 heteroatoms. The van der Waals surface area contributed by atoms with Gasteiger partial charge in [-0.2, -0.15) is 0 Å². The topological polar surface area (TPSA) is 96.3 Å². The Bertz CT molecular complexity index is 1270. The van der Waals surface area contributed by atoms with Gasteiger partial charge in [-0.05, 0) is 66.6 Å². The molecule has 36 heavy (non-hydrogen) atoms. The van der Waals surface area contributed by atoms with E-state index in [1.165, 1.54) is 4.90 Å². The first-order valence-electron chi connectivity index (χ1n) is 12.5. The van der Waals surface area contributed by atoms with Gasteiger partial charge in [-0.3, -0.25) is 14.5 Å². The van der Waals surface area contributed by atoms with Gasteiger partial charge in [0, 0.05) is 19.5 Å². The van der Waals surface area contributed by atoms with E-state index in [0.29, 0.717) is 25.8 Å². The number of imide groups is 1. The zero-order valence-corrected chi connectivity index (χ0v) is 20.9. The van der Waals surface area contributed by atoms with Gasteiger partial charge < -0.3 is 19.5 Å². The Hall–Kier alpha value is -2.94. The normalized spacial score (nSPS) is 26.6. The largest absolute Gasteiger partial charge is 0.507 e. The van der Waals surface area contributed by atoms with Crippen LogP contribution in [-0.2, 0) is 19.0 Å². The van der Waals surface area contributed by atoms with Gasteiger partial charge in [0.15, 0.2) is 0 Å². The number of rotatable bonds is 6. The fourth-order valence-electron chi connectivity index (χ4n) is 6.36. The van der Waals surface area contributed by atoms with E-state index in [2.05, 4.69) is 13.0 Å². The molecule has 0 unspecified atom stereocenters. The first kappa shape index (κ1) is 24.7. The van der Waals surface area contributed by atoms with E-state index in [4.69, 9.17) is 9.39 Å². The smallest absolute Gasteiger partial charge is 0.455 e. The summed E-state index contributed by atoms with van der Waals surface area (Å²) < 4.78 is 11.5. The van der Waals surface area contributed by atoms with Crippen molar-refractivity contribution in [3.05, 3.63) is 58.7 Å². The van der Waals surface area contributed by atoms with Crippen molar-refractivity contribution in [2.45, 2.75) is 38.6 Å². The van der Waals surface area contributed by atoms with Gasteiger partial charge in [0.25, 0.3) is 0 Å². The molecule has 2 heterocycles. The van der Waals surface area contributed by atoms with Crippen LogP contribution in [-0.4, -0.2) is 60.8 Å². The lowest BCUT2D eigenvalue weighted by Crippen LogP contribution is -2.46. The third-order valence-corrected chi connectivity index (χ3v) is 7.98. The highest BCUT2D eigenvalue weighted by molar-refractivity contribution is 6.43. The number of carbonyl (C=O) groups excluding carboxylic acids is 2. The second-order valence-corrected chi connectivity index (χ2v) is 10.2. The molecule has 2 amide bonds. The number of phenols is 1. The summed E-state index contributed by atoms with van der Waals surface area (Å²) in [5, 5.41) is 22.6. The van der Waals surface area contributed by atoms with Crippen LogP contribution in [0.5, 0.6) is 5.75 Å². The molecule has 2 fully saturated rings. The van der Waals surface area contributed by atoms with Crippen LogP contribution >= 0.6 is 0 Å². The van der Waals surface area contributed by atoms with E-state index in [1.807, 2.05) is 30.3 Å². The first-order valence-corrected chi connectivity index (χ1v) is 12.5. The van der Waals surface area contributed by atoms with Gasteiger partial charge in [-0.25, -0.2) is 0 Å². The molecule has 5 rings (SSSR count).